The minimum absolute atomic E-state index is 1.13. The van der Waals surface area contributed by atoms with Crippen LogP contribution in [0.25, 0.3) is 92.1 Å². The first kappa shape index (κ1) is 34.0. The number of hydrogen-bond donors (Lipinski definition) is 0. The van der Waals surface area contributed by atoms with Crippen LogP contribution in [0.1, 0.15) is 27.8 Å². The first-order chi connectivity index (χ1) is 29.2. The summed E-state index contributed by atoms with van der Waals surface area (Å²) < 4.78 is 1.13. The van der Waals surface area contributed by atoms with Crippen molar-refractivity contribution in [3.63, 3.8) is 0 Å². The van der Waals surface area contributed by atoms with Gasteiger partial charge in [0.15, 0.2) is 0 Å². The minimum atomic E-state index is 1.13. The molecule has 0 atom stereocenters. The Hall–Kier alpha value is -7.06. The van der Waals surface area contributed by atoms with Gasteiger partial charge in [-0.15, -0.1) is 0 Å². The number of halogens is 1. The van der Waals surface area contributed by atoms with Crippen molar-refractivity contribution < 1.29 is 0 Å². The van der Waals surface area contributed by atoms with Crippen molar-refractivity contribution in [2.24, 2.45) is 0 Å². The summed E-state index contributed by atoms with van der Waals surface area (Å²) >= 11 is 4.34. The van der Waals surface area contributed by atoms with Gasteiger partial charge in [-0.25, -0.2) is 0 Å². The minimum Gasteiger partial charge on any atom is -0.0622 e. The van der Waals surface area contributed by atoms with Crippen LogP contribution in [0.4, 0.5) is 0 Å². The zero-order valence-corrected chi connectivity index (χ0v) is 33.7. The first-order valence-corrected chi connectivity index (χ1v) is 21.1. The van der Waals surface area contributed by atoms with Crippen molar-refractivity contribution in [1.29, 1.82) is 0 Å². The number of allylic oxidation sites excluding steroid dienone is 5. The lowest BCUT2D eigenvalue weighted by Gasteiger charge is -2.18. The number of benzene rings is 10. The van der Waals surface area contributed by atoms with Crippen molar-refractivity contribution in [2.75, 3.05) is 0 Å². The number of fused-ring (bicyclic) bond motifs is 7. The van der Waals surface area contributed by atoms with Crippen LogP contribution < -0.4 is 0 Å². The smallest absolute Gasteiger partial charge is 0.0339 e. The maximum Gasteiger partial charge on any atom is 0.0339 e. The van der Waals surface area contributed by atoms with E-state index in [-0.39, 0.29) is 0 Å². The topological polar surface area (TPSA) is 0 Å². The first-order valence-electron chi connectivity index (χ1n) is 20.3. The van der Waals surface area contributed by atoms with Gasteiger partial charge in [-0.1, -0.05) is 176 Å². The molecule has 0 bridgehead atoms. The summed E-state index contributed by atoms with van der Waals surface area (Å²) in [5, 5.41) is 9.90. The van der Waals surface area contributed by atoms with Crippen molar-refractivity contribution in [3.05, 3.63) is 246 Å². The maximum atomic E-state index is 4.34. The molecule has 0 saturated carbocycles. The third kappa shape index (κ3) is 5.50. The Morgan fingerprint density at radius 1 is 0.203 bits per heavy atom. The molecule has 0 aliphatic heterocycles. The van der Waals surface area contributed by atoms with Gasteiger partial charge >= 0.3 is 0 Å². The van der Waals surface area contributed by atoms with E-state index in [0.29, 0.717) is 0 Å². The molecule has 1 heteroatoms. The molecule has 10 aromatic carbocycles. The Labute approximate surface area is 351 Å². The molecule has 2 aliphatic rings. The normalized spacial score (nSPS) is 13.6. The van der Waals surface area contributed by atoms with Crippen LogP contribution >= 0.6 is 15.9 Å². The lowest BCUT2D eigenvalue weighted by atomic mass is 9.85. The van der Waals surface area contributed by atoms with Gasteiger partial charge in [0, 0.05) is 10.1 Å². The average molecular weight is 812 g/mol. The molecule has 0 unspecified atom stereocenters. The summed E-state index contributed by atoms with van der Waals surface area (Å²) in [7, 11) is 0. The van der Waals surface area contributed by atoms with Gasteiger partial charge in [0.1, 0.15) is 0 Å². The molecule has 0 heterocycles. The van der Waals surface area contributed by atoms with E-state index in [1.807, 2.05) is 0 Å². The highest BCUT2D eigenvalue weighted by molar-refractivity contribution is 9.15. The molecule has 0 aromatic heterocycles. The van der Waals surface area contributed by atoms with E-state index in [0.717, 1.165) is 4.48 Å². The van der Waals surface area contributed by atoms with E-state index in [1.54, 1.807) is 0 Å². The van der Waals surface area contributed by atoms with E-state index in [1.165, 1.54) is 121 Å². The lowest BCUT2D eigenvalue weighted by Crippen LogP contribution is -1.95. The summed E-state index contributed by atoms with van der Waals surface area (Å²) in [5.74, 6) is 0. The van der Waals surface area contributed by atoms with Gasteiger partial charge in [-0.2, -0.15) is 0 Å². The molecule has 0 saturated heterocycles. The Balaban J connectivity index is 1.19. The van der Waals surface area contributed by atoms with Crippen LogP contribution in [0.5, 0.6) is 0 Å². The molecule has 0 fully saturated rings. The molecular formula is C58H35Br. The van der Waals surface area contributed by atoms with Gasteiger partial charge in [0.2, 0.25) is 0 Å². The Kier molecular flexibility index (Phi) is 7.80. The third-order valence-corrected chi connectivity index (χ3v) is 13.2. The largest absolute Gasteiger partial charge is 0.0622 e. The zero-order chi connectivity index (χ0) is 39.0. The van der Waals surface area contributed by atoms with E-state index in [4.69, 9.17) is 0 Å². The van der Waals surface area contributed by atoms with Gasteiger partial charge in [0.05, 0.1) is 0 Å². The van der Waals surface area contributed by atoms with Crippen molar-refractivity contribution in [3.8, 4) is 22.3 Å². The fraction of sp³-hybridized carbons (Fsp3) is 0. The lowest BCUT2D eigenvalue weighted by molar-refractivity contribution is 1.55. The van der Waals surface area contributed by atoms with Crippen LogP contribution in [0.15, 0.2) is 218 Å². The highest BCUT2D eigenvalue weighted by Gasteiger charge is 2.40. The molecule has 0 N–H and O–H groups in total. The van der Waals surface area contributed by atoms with Gasteiger partial charge in [-0.05, 0) is 168 Å². The molecule has 12 rings (SSSR count). The summed E-state index contributed by atoms with van der Waals surface area (Å²) in [6.07, 6.45) is 0. The fourth-order valence-corrected chi connectivity index (χ4v) is 10.3. The average Bonchev–Trinajstić information content (AvgIpc) is 3.80. The SMILES string of the molecule is BrC1=C2C(c3ccc4ccccc4c3)=C(c3ccc4ccccc4c3)C(c3ccccc3)=C2c2cc(-c3ccc4ccccc4c3)c(-c3ccc4ccccc4c3)cc21. The van der Waals surface area contributed by atoms with E-state index >= 15 is 0 Å². The monoisotopic (exact) mass is 810 g/mol. The molecule has 2 aliphatic carbocycles. The summed E-state index contributed by atoms with van der Waals surface area (Å²) in [6, 6.07) is 78.5. The Morgan fingerprint density at radius 3 is 1.00 bits per heavy atom. The fourth-order valence-electron chi connectivity index (χ4n) is 9.59. The second kappa shape index (κ2) is 13.5. The molecule has 274 valence electrons. The van der Waals surface area contributed by atoms with Crippen molar-refractivity contribution >= 4 is 85.8 Å². The van der Waals surface area contributed by atoms with E-state index in [9.17, 15) is 0 Å². The quantitative estimate of drug-likeness (QED) is 0.162. The molecule has 0 spiro atoms. The number of hydrogen-bond acceptors (Lipinski definition) is 0. The van der Waals surface area contributed by atoms with Crippen molar-refractivity contribution in [2.45, 2.75) is 0 Å². The second-order valence-corrected chi connectivity index (χ2v) is 16.5. The highest BCUT2D eigenvalue weighted by atomic mass is 79.9. The van der Waals surface area contributed by atoms with Gasteiger partial charge < -0.3 is 0 Å². The van der Waals surface area contributed by atoms with Crippen LogP contribution in [-0.4, -0.2) is 0 Å². The molecule has 0 nitrogen and oxygen atoms in total. The van der Waals surface area contributed by atoms with Crippen LogP contribution in [-0.2, 0) is 0 Å². The molecule has 59 heavy (non-hydrogen) atoms. The van der Waals surface area contributed by atoms with E-state index < -0.39 is 0 Å². The van der Waals surface area contributed by atoms with Crippen LogP contribution in [0, 0.1) is 0 Å². The Bertz CT molecular complexity index is 3490. The van der Waals surface area contributed by atoms with Gasteiger partial charge in [0.25, 0.3) is 0 Å². The van der Waals surface area contributed by atoms with E-state index in [2.05, 4.69) is 228 Å². The third-order valence-electron chi connectivity index (χ3n) is 12.4. The maximum absolute atomic E-state index is 4.34. The zero-order valence-electron chi connectivity index (χ0n) is 32.1. The van der Waals surface area contributed by atoms with Crippen molar-refractivity contribution in [1.82, 2.24) is 0 Å². The standard InChI is InChI=1S/C58H35Br/c59-58-52-35-50(46-27-23-37-13-5-9-19-42(37)31-46)49(45-26-22-36-12-4-8-18-41(36)30-45)34-51(52)56-53(40-16-2-1-3-17-40)54(47-28-24-38-14-6-10-20-43(38)32-47)55(57(56)58)48-29-25-39-15-7-11-21-44(39)33-48/h1-35H. The molecule has 0 amide bonds. The number of rotatable bonds is 5. The molecular weight excluding hydrogens is 777 g/mol. The summed E-state index contributed by atoms with van der Waals surface area (Å²) in [4.78, 5) is 0. The van der Waals surface area contributed by atoms with Crippen LogP contribution in [0.3, 0.4) is 0 Å². The molecule has 10 aromatic rings. The summed E-state index contributed by atoms with van der Waals surface area (Å²) in [6.45, 7) is 0. The second-order valence-electron chi connectivity index (χ2n) is 15.7. The van der Waals surface area contributed by atoms with Gasteiger partial charge in [-0.3, -0.25) is 0 Å². The van der Waals surface area contributed by atoms with Crippen LogP contribution in [0.2, 0.25) is 0 Å². The molecule has 0 radical (unpaired) electrons. The summed E-state index contributed by atoms with van der Waals surface area (Å²) in [5.41, 5.74) is 17.2. The highest BCUT2D eigenvalue weighted by Crippen LogP contribution is 2.62. The predicted molar refractivity (Wildman–Crippen MR) is 256 cm³/mol. The Morgan fingerprint density at radius 2 is 0.542 bits per heavy atom. The predicted octanol–water partition coefficient (Wildman–Crippen LogP) is 16.3.